The van der Waals surface area contributed by atoms with Gasteiger partial charge in [-0.2, -0.15) is 18.3 Å². The summed E-state index contributed by atoms with van der Waals surface area (Å²) in [5.74, 6) is 0.478. The Balaban J connectivity index is 1.55. The minimum atomic E-state index is -4.33. The Morgan fingerprint density at radius 3 is 2.75 bits per heavy atom. The molecule has 1 aliphatic rings. The molecule has 0 radical (unpaired) electrons. The fraction of sp³-hybridized carbons (Fsp3) is 0.375. The molecule has 0 saturated heterocycles. The summed E-state index contributed by atoms with van der Waals surface area (Å²) in [7, 11) is 0. The number of hydrogen-bond donors (Lipinski definition) is 2. The second-order valence-corrected chi connectivity index (χ2v) is 5.61. The molecule has 2 aromatic rings. The zero-order chi connectivity index (χ0) is 17.2. The Labute approximate surface area is 136 Å². The molecule has 8 heteroatoms. The van der Waals surface area contributed by atoms with E-state index >= 15 is 0 Å². The van der Waals surface area contributed by atoms with Gasteiger partial charge in [-0.25, -0.2) is 4.68 Å². The van der Waals surface area contributed by atoms with Crippen LogP contribution in [-0.4, -0.2) is 28.8 Å². The molecule has 128 valence electrons. The van der Waals surface area contributed by atoms with Gasteiger partial charge >= 0.3 is 6.18 Å². The quantitative estimate of drug-likeness (QED) is 0.901. The van der Waals surface area contributed by atoms with Gasteiger partial charge in [0.2, 0.25) is 0 Å². The number of fused-ring (bicyclic) bond motifs is 1. The number of alkyl halides is 3. The third-order valence-corrected chi connectivity index (χ3v) is 3.90. The van der Waals surface area contributed by atoms with Crippen molar-refractivity contribution in [2.24, 2.45) is 0 Å². The monoisotopic (exact) mass is 338 g/mol. The number of halogens is 3. The summed E-state index contributed by atoms with van der Waals surface area (Å²) in [6, 6.07) is 4.96. The second kappa shape index (κ2) is 6.54. The average Bonchev–Trinajstić information content (AvgIpc) is 2.98. The molecule has 0 atom stereocenters. The van der Waals surface area contributed by atoms with E-state index in [0.717, 1.165) is 37.2 Å². The fourth-order valence-corrected chi connectivity index (χ4v) is 2.62. The van der Waals surface area contributed by atoms with Crippen LogP contribution >= 0.6 is 0 Å². The summed E-state index contributed by atoms with van der Waals surface area (Å²) >= 11 is 0. The van der Waals surface area contributed by atoms with Gasteiger partial charge in [0.15, 0.2) is 0 Å². The number of anilines is 1. The number of benzene rings is 1. The SMILES string of the molecule is O=C(NCCc1ccc(C(F)(F)F)cc1)c1cnn2c1NCCC2. The Bertz CT molecular complexity index is 722. The van der Waals surface area contributed by atoms with E-state index in [2.05, 4.69) is 15.7 Å². The van der Waals surface area contributed by atoms with Crippen LogP contribution in [0, 0.1) is 0 Å². The number of nitrogens with zero attached hydrogens (tertiary/aromatic N) is 2. The maximum atomic E-state index is 12.5. The molecule has 2 N–H and O–H groups in total. The smallest absolute Gasteiger partial charge is 0.370 e. The number of hydrogen-bond acceptors (Lipinski definition) is 3. The summed E-state index contributed by atoms with van der Waals surface area (Å²) in [5, 5.41) is 10.1. The van der Waals surface area contributed by atoms with Crippen molar-refractivity contribution < 1.29 is 18.0 Å². The second-order valence-electron chi connectivity index (χ2n) is 5.61. The number of nitrogens with one attached hydrogen (secondary N) is 2. The number of amides is 1. The van der Waals surface area contributed by atoms with Gasteiger partial charge in [-0.05, 0) is 30.5 Å². The van der Waals surface area contributed by atoms with Crippen molar-refractivity contribution >= 4 is 11.7 Å². The lowest BCUT2D eigenvalue weighted by Gasteiger charge is -2.16. The largest absolute Gasteiger partial charge is 0.416 e. The van der Waals surface area contributed by atoms with E-state index in [1.54, 1.807) is 4.68 Å². The zero-order valence-corrected chi connectivity index (χ0v) is 12.9. The van der Waals surface area contributed by atoms with E-state index in [-0.39, 0.29) is 5.91 Å². The lowest BCUT2D eigenvalue weighted by molar-refractivity contribution is -0.137. The summed E-state index contributed by atoms with van der Waals surface area (Å²) in [6.45, 7) is 1.92. The summed E-state index contributed by atoms with van der Waals surface area (Å²) in [4.78, 5) is 12.2. The van der Waals surface area contributed by atoms with Gasteiger partial charge in [-0.3, -0.25) is 4.79 Å². The van der Waals surface area contributed by atoms with E-state index in [0.29, 0.717) is 24.3 Å². The van der Waals surface area contributed by atoms with Crippen LogP contribution in [0.2, 0.25) is 0 Å². The molecule has 3 rings (SSSR count). The van der Waals surface area contributed by atoms with E-state index in [1.807, 2.05) is 0 Å². The predicted octanol–water partition coefficient (Wildman–Crippen LogP) is 2.69. The van der Waals surface area contributed by atoms with Crippen molar-refractivity contribution in [2.75, 3.05) is 18.4 Å². The normalized spacial score (nSPS) is 14.0. The summed E-state index contributed by atoms with van der Waals surface area (Å²) in [5.41, 5.74) is 0.549. The molecule has 1 aliphatic heterocycles. The van der Waals surface area contributed by atoms with E-state index in [9.17, 15) is 18.0 Å². The van der Waals surface area contributed by atoms with Crippen LogP contribution in [0.25, 0.3) is 0 Å². The lowest BCUT2D eigenvalue weighted by atomic mass is 10.1. The molecule has 0 saturated carbocycles. The topological polar surface area (TPSA) is 59.0 Å². The molecule has 0 bridgehead atoms. The third-order valence-electron chi connectivity index (χ3n) is 3.90. The first kappa shape index (κ1) is 16.4. The standard InChI is InChI=1S/C16H17F3N4O/c17-16(18,19)12-4-2-11(3-5-12)6-8-21-15(24)13-10-22-23-9-1-7-20-14(13)23/h2-5,10,20H,1,6-9H2,(H,21,24). The molecule has 0 fully saturated rings. The van der Waals surface area contributed by atoms with Crippen molar-refractivity contribution in [3.8, 4) is 0 Å². The molecule has 24 heavy (non-hydrogen) atoms. The summed E-state index contributed by atoms with van der Waals surface area (Å²) in [6.07, 6.45) is -1.38. The molecule has 0 aliphatic carbocycles. The lowest BCUT2D eigenvalue weighted by Crippen LogP contribution is -2.27. The van der Waals surface area contributed by atoms with Crippen LogP contribution in [0.5, 0.6) is 0 Å². The van der Waals surface area contributed by atoms with Crippen molar-refractivity contribution in [3.63, 3.8) is 0 Å². The average molecular weight is 338 g/mol. The molecular weight excluding hydrogens is 321 g/mol. The maximum Gasteiger partial charge on any atom is 0.416 e. The van der Waals surface area contributed by atoms with Crippen LogP contribution in [0.1, 0.15) is 27.9 Å². The van der Waals surface area contributed by atoms with Gasteiger partial charge < -0.3 is 10.6 Å². The number of carbonyl (C=O) groups excluding carboxylic acids is 1. The van der Waals surface area contributed by atoms with Gasteiger partial charge in [-0.1, -0.05) is 12.1 Å². The Morgan fingerprint density at radius 1 is 1.29 bits per heavy atom. The van der Waals surface area contributed by atoms with Gasteiger partial charge in [0.1, 0.15) is 11.4 Å². The molecule has 2 heterocycles. The number of aromatic nitrogens is 2. The molecule has 1 aromatic carbocycles. The highest BCUT2D eigenvalue weighted by Gasteiger charge is 2.29. The van der Waals surface area contributed by atoms with Crippen molar-refractivity contribution in [2.45, 2.75) is 25.6 Å². The zero-order valence-electron chi connectivity index (χ0n) is 12.9. The number of rotatable bonds is 4. The predicted molar refractivity (Wildman–Crippen MR) is 82.8 cm³/mol. The van der Waals surface area contributed by atoms with Crippen molar-refractivity contribution in [1.82, 2.24) is 15.1 Å². The first-order chi connectivity index (χ1) is 11.4. The van der Waals surface area contributed by atoms with Crippen molar-refractivity contribution in [3.05, 3.63) is 47.2 Å². The molecule has 5 nitrogen and oxygen atoms in total. The maximum absolute atomic E-state index is 12.5. The van der Waals surface area contributed by atoms with E-state index in [4.69, 9.17) is 0 Å². The minimum Gasteiger partial charge on any atom is -0.370 e. The van der Waals surface area contributed by atoms with Crippen LogP contribution in [0.15, 0.2) is 30.5 Å². The first-order valence-electron chi connectivity index (χ1n) is 7.69. The Morgan fingerprint density at radius 2 is 2.04 bits per heavy atom. The van der Waals surface area contributed by atoms with Crippen LogP contribution in [-0.2, 0) is 19.1 Å². The fourth-order valence-electron chi connectivity index (χ4n) is 2.62. The van der Waals surface area contributed by atoms with Crippen LogP contribution in [0.3, 0.4) is 0 Å². The number of carbonyl (C=O) groups is 1. The third kappa shape index (κ3) is 3.52. The van der Waals surface area contributed by atoms with Crippen LogP contribution < -0.4 is 10.6 Å². The summed E-state index contributed by atoms with van der Waals surface area (Å²) < 4.78 is 39.3. The van der Waals surface area contributed by atoms with Gasteiger partial charge in [-0.15, -0.1) is 0 Å². The van der Waals surface area contributed by atoms with E-state index < -0.39 is 11.7 Å². The molecule has 1 amide bonds. The highest BCUT2D eigenvalue weighted by atomic mass is 19.4. The van der Waals surface area contributed by atoms with Crippen molar-refractivity contribution in [1.29, 1.82) is 0 Å². The highest BCUT2D eigenvalue weighted by Crippen LogP contribution is 2.29. The van der Waals surface area contributed by atoms with Crippen LogP contribution in [0.4, 0.5) is 19.0 Å². The molecule has 1 aromatic heterocycles. The molecule has 0 unspecified atom stereocenters. The van der Waals surface area contributed by atoms with Gasteiger partial charge in [0, 0.05) is 19.6 Å². The first-order valence-corrected chi connectivity index (χ1v) is 7.69. The number of aryl methyl sites for hydroxylation is 1. The van der Waals surface area contributed by atoms with E-state index in [1.165, 1.54) is 18.3 Å². The molecule has 0 spiro atoms. The Hall–Kier alpha value is -2.51. The Kier molecular flexibility index (Phi) is 4.46. The molecular formula is C16H17F3N4O. The van der Waals surface area contributed by atoms with Gasteiger partial charge in [0.05, 0.1) is 11.8 Å². The van der Waals surface area contributed by atoms with Gasteiger partial charge in [0.25, 0.3) is 5.91 Å². The minimum absolute atomic E-state index is 0.238. The highest BCUT2D eigenvalue weighted by molar-refractivity contribution is 5.98.